The molecule has 5 nitrogen and oxygen atoms in total. The number of aliphatic hydroxyl groups excluding tert-OH is 1. The van der Waals surface area contributed by atoms with E-state index in [1.54, 1.807) is 11.0 Å². The Morgan fingerprint density at radius 3 is 2.38 bits per heavy atom. The number of nitrogens with zero attached hydrogens (tertiary/aromatic N) is 1. The minimum absolute atomic E-state index is 0.0897. The van der Waals surface area contributed by atoms with Crippen molar-refractivity contribution in [1.29, 1.82) is 0 Å². The molecule has 1 aliphatic rings. The smallest absolute Gasteiger partial charge is 0.255 e. The molecule has 0 radical (unpaired) electrons. The highest BCUT2D eigenvalue weighted by atomic mass is 16.3. The number of aliphatic hydroxyl groups is 1. The highest BCUT2D eigenvalue weighted by Crippen LogP contribution is 2.31. The van der Waals surface area contributed by atoms with E-state index in [1.807, 2.05) is 62.4 Å². The van der Waals surface area contributed by atoms with Crippen molar-refractivity contribution in [2.75, 3.05) is 6.61 Å². The largest absolute Gasteiger partial charge is 0.394 e. The summed E-state index contributed by atoms with van der Waals surface area (Å²) in [5.41, 5.74) is 2.32. The fourth-order valence-electron chi connectivity index (χ4n) is 3.28. The standard InChI is InChI=1S/C21H24N2O3/c1-14(2)18(13-24)22-20(25)19(15-8-4-3-5-9-15)23-12-16-10-6-7-11-17(16)21(23)26/h3-11,14,18-19,24H,12-13H2,1-2H3,(H,22,25)/t18-,19+/m0/s1. The van der Waals surface area contributed by atoms with Gasteiger partial charge in [0, 0.05) is 12.1 Å². The van der Waals surface area contributed by atoms with Crippen LogP contribution < -0.4 is 5.32 Å². The van der Waals surface area contributed by atoms with Crippen molar-refractivity contribution in [3.8, 4) is 0 Å². The minimum Gasteiger partial charge on any atom is -0.394 e. The van der Waals surface area contributed by atoms with Crippen LogP contribution in [0.3, 0.4) is 0 Å². The molecule has 5 heteroatoms. The van der Waals surface area contributed by atoms with Gasteiger partial charge in [0.05, 0.1) is 12.6 Å². The van der Waals surface area contributed by atoms with E-state index < -0.39 is 6.04 Å². The summed E-state index contributed by atoms with van der Waals surface area (Å²) in [4.78, 5) is 27.6. The molecule has 1 aliphatic heterocycles. The number of benzene rings is 2. The first-order chi connectivity index (χ1) is 12.5. The number of carbonyl (C=O) groups is 2. The maximum atomic E-state index is 13.1. The molecule has 26 heavy (non-hydrogen) atoms. The van der Waals surface area contributed by atoms with E-state index >= 15 is 0 Å². The Morgan fingerprint density at radius 2 is 1.77 bits per heavy atom. The third-order valence-electron chi connectivity index (χ3n) is 4.85. The van der Waals surface area contributed by atoms with Gasteiger partial charge in [0.1, 0.15) is 6.04 Å². The van der Waals surface area contributed by atoms with E-state index in [-0.39, 0.29) is 30.4 Å². The molecule has 0 saturated carbocycles. The lowest BCUT2D eigenvalue weighted by Gasteiger charge is -2.30. The number of carbonyl (C=O) groups excluding carboxylic acids is 2. The fraction of sp³-hybridized carbons (Fsp3) is 0.333. The number of amides is 2. The molecule has 3 rings (SSSR count). The average Bonchev–Trinajstić information content (AvgIpc) is 2.97. The molecule has 136 valence electrons. The van der Waals surface area contributed by atoms with Crippen LogP contribution in [0.2, 0.25) is 0 Å². The van der Waals surface area contributed by atoms with Gasteiger partial charge in [-0.1, -0.05) is 62.4 Å². The van der Waals surface area contributed by atoms with Crippen LogP contribution in [0.1, 0.15) is 41.4 Å². The van der Waals surface area contributed by atoms with Crippen LogP contribution in [0, 0.1) is 5.92 Å². The van der Waals surface area contributed by atoms with Crippen LogP contribution in [0.5, 0.6) is 0 Å². The Balaban J connectivity index is 1.93. The molecule has 0 aromatic heterocycles. The number of nitrogens with one attached hydrogen (secondary N) is 1. The van der Waals surface area contributed by atoms with Gasteiger partial charge >= 0.3 is 0 Å². The van der Waals surface area contributed by atoms with Gasteiger partial charge in [-0.15, -0.1) is 0 Å². The lowest BCUT2D eigenvalue weighted by atomic mass is 10.0. The highest BCUT2D eigenvalue weighted by Gasteiger charge is 2.37. The summed E-state index contributed by atoms with van der Waals surface area (Å²) in [7, 11) is 0. The van der Waals surface area contributed by atoms with Crippen LogP contribution in [0.25, 0.3) is 0 Å². The lowest BCUT2D eigenvalue weighted by Crippen LogP contribution is -2.47. The van der Waals surface area contributed by atoms with Gasteiger partial charge in [-0.05, 0) is 23.1 Å². The van der Waals surface area contributed by atoms with E-state index in [1.165, 1.54) is 0 Å². The van der Waals surface area contributed by atoms with E-state index in [0.717, 1.165) is 11.1 Å². The topological polar surface area (TPSA) is 69.6 Å². The van der Waals surface area contributed by atoms with Crippen molar-refractivity contribution in [3.63, 3.8) is 0 Å². The monoisotopic (exact) mass is 352 g/mol. The molecule has 0 bridgehead atoms. The Morgan fingerprint density at radius 1 is 1.12 bits per heavy atom. The Kier molecular flexibility index (Phi) is 5.38. The third kappa shape index (κ3) is 3.48. The quantitative estimate of drug-likeness (QED) is 0.839. The first-order valence-corrected chi connectivity index (χ1v) is 8.88. The number of hydrogen-bond donors (Lipinski definition) is 2. The first kappa shape index (κ1) is 18.1. The molecule has 0 unspecified atom stereocenters. The third-order valence-corrected chi connectivity index (χ3v) is 4.85. The summed E-state index contributed by atoms with van der Waals surface area (Å²) in [5, 5.41) is 12.5. The molecule has 0 saturated heterocycles. The van der Waals surface area contributed by atoms with Crippen molar-refractivity contribution < 1.29 is 14.7 Å². The Hall–Kier alpha value is -2.66. The summed E-state index contributed by atoms with van der Waals surface area (Å²) in [6, 6.07) is 15.6. The maximum absolute atomic E-state index is 13.1. The van der Waals surface area contributed by atoms with Crippen molar-refractivity contribution in [2.24, 2.45) is 5.92 Å². The normalized spacial score (nSPS) is 15.7. The molecule has 0 spiro atoms. The molecule has 0 aliphatic carbocycles. The van der Waals surface area contributed by atoms with Crippen LogP contribution >= 0.6 is 0 Å². The number of hydrogen-bond acceptors (Lipinski definition) is 3. The van der Waals surface area contributed by atoms with Gasteiger partial charge in [-0.25, -0.2) is 0 Å². The van der Waals surface area contributed by atoms with E-state index in [2.05, 4.69) is 5.32 Å². The van der Waals surface area contributed by atoms with Crippen molar-refractivity contribution >= 4 is 11.8 Å². The van der Waals surface area contributed by atoms with Crippen LogP contribution in [-0.4, -0.2) is 34.5 Å². The second kappa shape index (κ2) is 7.70. The van der Waals surface area contributed by atoms with Gasteiger partial charge in [0.25, 0.3) is 5.91 Å². The van der Waals surface area contributed by atoms with Gasteiger partial charge in [0.2, 0.25) is 5.91 Å². The second-order valence-corrected chi connectivity index (χ2v) is 6.95. The van der Waals surface area contributed by atoms with Crippen LogP contribution in [0.15, 0.2) is 54.6 Å². The zero-order valence-corrected chi connectivity index (χ0v) is 15.1. The molecule has 2 aromatic carbocycles. The summed E-state index contributed by atoms with van der Waals surface area (Å²) < 4.78 is 0. The number of rotatable bonds is 6. The molecule has 0 fully saturated rings. The fourth-order valence-corrected chi connectivity index (χ4v) is 3.28. The lowest BCUT2D eigenvalue weighted by molar-refractivity contribution is -0.127. The molecule has 2 N–H and O–H groups in total. The van der Waals surface area contributed by atoms with Gasteiger partial charge in [-0.2, -0.15) is 0 Å². The van der Waals surface area contributed by atoms with Crippen molar-refractivity contribution in [3.05, 3.63) is 71.3 Å². The zero-order valence-electron chi connectivity index (χ0n) is 15.1. The molecular weight excluding hydrogens is 328 g/mol. The SMILES string of the molecule is CC(C)[C@H](CO)NC(=O)[C@@H](c1ccccc1)N1Cc2ccccc2C1=O. The Bertz CT molecular complexity index is 789. The van der Waals surface area contributed by atoms with Crippen LogP contribution in [-0.2, 0) is 11.3 Å². The first-order valence-electron chi connectivity index (χ1n) is 8.88. The summed E-state index contributed by atoms with van der Waals surface area (Å²) in [5.74, 6) is -0.327. The van der Waals surface area contributed by atoms with E-state index in [9.17, 15) is 14.7 Å². The molecule has 2 amide bonds. The van der Waals surface area contributed by atoms with Crippen molar-refractivity contribution in [2.45, 2.75) is 32.5 Å². The summed E-state index contributed by atoms with van der Waals surface area (Å²) in [6.45, 7) is 4.14. The van der Waals surface area contributed by atoms with E-state index in [4.69, 9.17) is 0 Å². The van der Waals surface area contributed by atoms with E-state index in [0.29, 0.717) is 12.1 Å². The minimum atomic E-state index is -0.733. The molecular formula is C21H24N2O3. The van der Waals surface area contributed by atoms with Crippen molar-refractivity contribution in [1.82, 2.24) is 10.2 Å². The van der Waals surface area contributed by atoms with Gasteiger partial charge in [0.15, 0.2) is 0 Å². The summed E-state index contributed by atoms with van der Waals surface area (Å²) in [6.07, 6.45) is 0. The second-order valence-electron chi connectivity index (χ2n) is 6.95. The predicted molar refractivity (Wildman–Crippen MR) is 99.4 cm³/mol. The maximum Gasteiger partial charge on any atom is 0.255 e. The number of fused-ring (bicyclic) bond motifs is 1. The van der Waals surface area contributed by atoms with Gasteiger partial charge < -0.3 is 15.3 Å². The highest BCUT2D eigenvalue weighted by molar-refractivity contribution is 6.01. The Labute approximate surface area is 153 Å². The van der Waals surface area contributed by atoms with Gasteiger partial charge in [-0.3, -0.25) is 9.59 Å². The van der Waals surface area contributed by atoms with Crippen LogP contribution in [0.4, 0.5) is 0 Å². The predicted octanol–water partition coefficient (Wildman–Crippen LogP) is 2.52. The average molecular weight is 352 g/mol. The molecule has 2 atom stereocenters. The molecule has 1 heterocycles. The molecule has 2 aromatic rings. The zero-order chi connectivity index (χ0) is 18.7. The summed E-state index contributed by atoms with van der Waals surface area (Å²) >= 11 is 0.